The summed E-state index contributed by atoms with van der Waals surface area (Å²) >= 11 is 12.0. The Morgan fingerprint density at radius 2 is 1.58 bits per heavy atom. The summed E-state index contributed by atoms with van der Waals surface area (Å²) in [5.41, 5.74) is 8.15. The maximum atomic E-state index is 13.3. The third-order valence-corrected chi connectivity index (χ3v) is 7.86. The first-order valence-electron chi connectivity index (χ1n) is 11.9. The van der Waals surface area contributed by atoms with E-state index in [2.05, 4.69) is 9.71 Å². The Morgan fingerprint density at radius 3 is 2.13 bits per heavy atom. The van der Waals surface area contributed by atoms with Gasteiger partial charge < -0.3 is 11.1 Å². The predicted molar refractivity (Wildman–Crippen MR) is 151 cm³/mol. The Hall–Kier alpha value is -3.40. The number of sulfonamides is 1. The first-order chi connectivity index (χ1) is 18.0. The highest BCUT2D eigenvalue weighted by molar-refractivity contribution is 7.90. The average molecular weight is 573 g/mol. The van der Waals surface area contributed by atoms with E-state index in [0.29, 0.717) is 15.8 Å². The summed E-state index contributed by atoms with van der Waals surface area (Å²) < 4.78 is 30.7. The van der Waals surface area contributed by atoms with Gasteiger partial charge in [0.25, 0.3) is 10.0 Å². The molecule has 0 fully saturated rings. The Kier molecular flexibility index (Phi) is 8.40. The van der Waals surface area contributed by atoms with Crippen LogP contribution in [-0.4, -0.2) is 43.6 Å². The van der Waals surface area contributed by atoms with E-state index in [0.717, 1.165) is 11.1 Å². The van der Waals surface area contributed by atoms with Crippen molar-refractivity contribution in [2.45, 2.75) is 30.7 Å². The van der Waals surface area contributed by atoms with E-state index in [-0.39, 0.29) is 29.2 Å². The van der Waals surface area contributed by atoms with Crippen molar-refractivity contribution in [2.24, 2.45) is 21.2 Å². The molecule has 1 aliphatic heterocycles. The van der Waals surface area contributed by atoms with Crippen molar-refractivity contribution in [3.63, 3.8) is 0 Å². The standard InChI is InChI=1S/C27H27Cl2N5O3S/c1-17(2)24(26(30)35)31-27(33-38(36,37)22-14-12-21(29)13-15-22)34-16-23(18-6-4-3-5-7-18)25(32-34)19-8-10-20(28)11-9-19/h3-15,17,23-24H,16H2,1-2H3,(H2,30,35)(H,31,33)/t23-,24-/m0/s1. The molecule has 4 rings (SSSR count). The fourth-order valence-corrected chi connectivity index (χ4v) is 5.30. The van der Waals surface area contributed by atoms with Gasteiger partial charge in [0.1, 0.15) is 6.04 Å². The molecule has 0 saturated heterocycles. The summed E-state index contributed by atoms with van der Waals surface area (Å²) in [7, 11) is -4.19. The first kappa shape index (κ1) is 27.6. The fourth-order valence-electron chi connectivity index (χ4n) is 4.09. The van der Waals surface area contributed by atoms with Gasteiger partial charge in [-0.3, -0.25) is 4.79 Å². The number of benzene rings is 3. The van der Waals surface area contributed by atoms with Crippen LogP contribution in [0, 0.1) is 5.92 Å². The lowest BCUT2D eigenvalue weighted by atomic mass is 9.91. The summed E-state index contributed by atoms with van der Waals surface area (Å²) in [6.07, 6.45) is 0. The van der Waals surface area contributed by atoms with Gasteiger partial charge in [-0.15, -0.1) is 4.40 Å². The van der Waals surface area contributed by atoms with Crippen LogP contribution < -0.4 is 11.1 Å². The minimum Gasteiger partial charge on any atom is -0.368 e. The molecule has 1 aliphatic rings. The van der Waals surface area contributed by atoms with Gasteiger partial charge >= 0.3 is 0 Å². The second-order valence-corrected chi connectivity index (χ2v) is 11.6. The number of hydrogen-bond donors (Lipinski definition) is 2. The molecule has 8 nitrogen and oxygen atoms in total. The molecule has 2 atom stereocenters. The molecule has 3 N–H and O–H groups in total. The first-order valence-corrected chi connectivity index (χ1v) is 14.1. The average Bonchev–Trinajstić information content (AvgIpc) is 3.33. The van der Waals surface area contributed by atoms with E-state index in [1.165, 1.54) is 29.3 Å². The van der Waals surface area contributed by atoms with Crippen LogP contribution in [-0.2, 0) is 14.8 Å². The number of guanidine groups is 1. The molecule has 0 aromatic heterocycles. The number of hydrogen-bond acceptors (Lipinski definition) is 4. The van der Waals surface area contributed by atoms with E-state index in [4.69, 9.17) is 34.0 Å². The zero-order chi connectivity index (χ0) is 27.4. The SMILES string of the molecule is CC(C)[C@H](N/C(=N\S(=O)(=O)c1ccc(Cl)cc1)N1C[C@@H](c2ccccc2)C(c2ccc(Cl)cc2)=N1)C(N)=O. The molecular weight excluding hydrogens is 545 g/mol. The van der Waals surface area contributed by atoms with Gasteiger partial charge in [-0.2, -0.15) is 13.5 Å². The van der Waals surface area contributed by atoms with E-state index in [1.54, 1.807) is 26.0 Å². The molecule has 0 unspecified atom stereocenters. The molecule has 198 valence electrons. The smallest absolute Gasteiger partial charge is 0.285 e. The van der Waals surface area contributed by atoms with E-state index >= 15 is 0 Å². The number of nitrogens with zero attached hydrogens (tertiary/aromatic N) is 3. The van der Waals surface area contributed by atoms with Gasteiger partial charge in [-0.25, -0.2) is 5.01 Å². The molecule has 3 aromatic carbocycles. The lowest BCUT2D eigenvalue weighted by Gasteiger charge is -2.25. The monoisotopic (exact) mass is 571 g/mol. The molecule has 0 spiro atoms. The summed E-state index contributed by atoms with van der Waals surface area (Å²) in [4.78, 5) is 12.2. The van der Waals surface area contributed by atoms with Crippen molar-refractivity contribution in [1.82, 2.24) is 10.3 Å². The zero-order valence-corrected chi connectivity index (χ0v) is 23.1. The van der Waals surface area contributed by atoms with Crippen LogP contribution in [0.4, 0.5) is 0 Å². The van der Waals surface area contributed by atoms with Crippen LogP contribution in [0.3, 0.4) is 0 Å². The highest BCUT2D eigenvalue weighted by atomic mass is 35.5. The second-order valence-electron chi connectivity index (χ2n) is 9.15. The molecule has 0 aliphatic carbocycles. The molecule has 11 heteroatoms. The number of amides is 1. The number of hydrazone groups is 1. The number of carbonyl (C=O) groups excluding carboxylic acids is 1. The normalized spacial score (nSPS) is 16.9. The molecule has 0 saturated carbocycles. The molecule has 3 aromatic rings. The minimum absolute atomic E-state index is 0.0536. The lowest BCUT2D eigenvalue weighted by Crippen LogP contribution is -2.52. The highest BCUT2D eigenvalue weighted by Crippen LogP contribution is 2.30. The summed E-state index contributed by atoms with van der Waals surface area (Å²) in [6.45, 7) is 3.87. The Labute approximate surface area is 232 Å². The number of nitrogens with one attached hydrogen (secondary N) is 1. The van der Waals surface area contributed by atoms with Gasteiger partial charge in [-0.1, -0.05) is 79.5 Å². The van der Waals surface area contributed by atoms with Crippen molar-refractivity contribution in [3.05, 3.63) is 100 Å². The van der Waals surface area contributed by atoms with Crippen LogP contribution >= 0.6 is 23.2 Å². The molecule has 38 heavy (non-hydrogen) atoms. The maximum absolute atomic E-state index is 13.3. The van der Waals surface area contributed by atoms with Crippen LogP contribution in [0.5, 0.6) is 0 Å². The van der Waals surface area contributed by atoms with E-state index < -0.39 is 22.0 Å². The van der Waals surface area contributed by atoms with Gasteiger partial charge in [0.15, 0.2) is 0 Å². The Morgan fingerprint density at radius 1 is 1.00 bits per heavy atom. The zero-order valence-electron chi connectivity index (χ0n) is 20.8. The minimum atomic E-state index is -4.19. The highest BCUT2D eigenvalue weighted by Gasteiger charge is 2.34. The summed E-state index contributed by atoms with van der Waals surface area (Å²) in [5, 5.41) is 10.2. The number of carbonyl (C=O) groups is 1. The quantitative estimate of drug-likeness (QED) is 0.316. The topological polar surface area (TPSA) is 117 Å². The van der Waals surface area contributed by atoms with Crippen molar-refractivity contribution in [2.75, 3.05) is 6.54 Å². The van der Waals surface area contributed by atoms with E-state index in [9.17, 15) is 13.2 Å². The van der Waals surface area contributed by atoms with Crippen molar-refractivity contribution in [1.29, 1.82) is 0 Å². The molecule has 0 bridgehead atoms. The van der Waals surface area contributed by atoms with Gasteiger partial charge in [0, 0.05) is 16.0 Å². The van der Waals surface area contributed by atoms with Crippen LogP contribution in [0.1, 0.15) is 30.9 Å². The van der Waals surface area contributed by atoms with Crippen LogP contribution in [0.15, 0.2) is 93.3 Å². The predicted octanol–water partition coefficient (Wildman–Crippen LogP) is 4.64. The summed E-state index contributed by atoms with van der Waals surface area (Å²) in [6, 6.07) is 21.8. The molecule has 1 amide bonds. The largest absolute Gasteiger partial charge is 0.368 e. The Balaban J connectivity index is 1.82. The number of halogens is 2. The third kappa shape index (κ3) is 6.35. The Bertz CT molecular complexity index is 1460. The number of rotatable bonds is 7. The fraction of sp³-hybridized carbons (Fsp3) is 0.222. The number of primary amides is 1. The number of nitrogens with two attached hydrogens (primary N) is 1. The van der Waals surface area contributed by atoms with Crippen LogP contribution in [0.2, 0.25) is 10.0 Å². The lowest BCUT2D eigenvalue weighted by molar-refractivity contribution is -0.120. The van der Waals surface area contributed by atoms with Gasteiger partial charge in [-0.05, 0) is 53.4 Å². The van der Waals surface area contributed by atoms with Crippen LogP contribution in [0.25, 0.3) is 0 Å². The maximum Gasteiger partial charge on any atom is 0.285 e. The van der Waals surface area contributed by atoms with Crippen molar-refractivity contribution < 1.29 is 13.2 Å². The van der Waals surface area contributed by atoms with E-state index in [1.807, 2.05) is 42.5 Å². The van der Waals surface area contributed by atoms with Crippen molar-refractivity contribution >= 4 is 50.8 Å². The third-order valence-electron chi connectivity index (χ3n) is 6.08. The summed E-state index contributed by atoms with van der Waals surface area (Å²) in [5.74, 6) is -1.21. The molecule has 0 radical (unpaired) electrons. The van der Waals surface area contributed by atoms with Gasteiger partial charge in [0.05, 0.1) is 17.2 Å². The van der Waals surface area contributed by atoms with Gasteiger partial charge in [0.2, 0.25) is 11.9 Å². The second kappa shape index (κ2) is 11.6. The molecule has 1 heterocycles. The molecular formula is C27H27Cl2N5O3S. The van der Waals surface area contributed by atoms with Crippen molar-refractivity contribution in [3.8, 4) is 0 Å².